The number of aromatic nitrogens is 2. The molecule has 0 unspecified atom stereocenters. The summed E-state index contributed by atoms with van der Waals surface area (Å²) in [5.74, 6) is -0.273. The number of nitrogens with one attached hydrogen (secondary N) is 1. The highest BCUT2D eigenvalue weighted by molar-refractivity contribution is 6.39. The Balaban J connectivity index is 2.10. The van der Waals surface area contributed by atoms with E-state index in [2.05, 4.69) is 10.4 Å². The molecule has 19 heavy (non-hydrogen) atoms. The number of carbonyl (C=O) groups excluding carboxylic acids is 1. The summed E-state index contributed by atoms with van der Waals surface area (Å²) in [6.07, 6.45) is 1.67. The van der Waals surface area contributed by atoms with Gasteiger partial charge in [0, 0.05) is 18.8 Å². The monoisotopic (exact) mass is 298 g/mol. The molecule has 0 aliphatic rings. The summed E-state index contributed by atoms with van der Waals surface area (Å²) in [5.41, 5.74) is 7.14. The molecule has 7 heteroatoms. The molecule has 1 heterocycles. The van der Waals surface area contributed by atoms with Crippen molar-refractivity contribution in [3.05, 3.63) is 45.7 Å². The van der Waals surface area contributed by atoms with Crippen molar-refractivity contribution in [3.63, 3.8) is 0 Å². The molecule has 3 N–H and O–H groups in total. The molecule has 0 aliphatic heterocycles. The highest BCUT2D eigenvalue weighted by Crippen LogP contribution is 2.28. The second-order valence-corrected chi connectivity index (χ2v) is 4.80. The van der Waals surface area contributed by atoms with Crippen LogP contribution < -0.4 is 11.1 Å². The van der Waals surface area contributed by atoms with Crippen molar-refractivity contribution in [1.82, 2.24) is 15.1 Å². The van der Waals surface area contributed by atoms with Crippen molar-refractivity contribution >= 4 is 34.8 Å². The third kappa shape index (κ3) is 3.00. The van der Waals surface area contributed by atoms with E-state index in [0.29, 0.717) is 12.1 Å². The number of aryl methyl sites for hydroxylation is 1. The van der Waals surface area contributed by atoms with Gasteiger partial charge >= 0.3 is 0 Å². The number of anilines is 1. The first-order valence-electron chi connectivity index (χ1n) is 5.48. The van der Waals surface area contributed by atoms with E-state index >= 15 is 0 Å². The predicted octanol–water partition coefficient (Wildman–Crippen LogP) is 2.24. The maximum absolute atomic E-state index is 12.0. The Labute approximate surface area is 120 Å². The number of carbonyl (C=O) groups is 1. The Bertz CT molecular complexity index is 601. The van der Waals surface area contributed by atoms with Gasteiger partial charge < -0.3 is 11.1 Å². The van der Waals surface area contributed by atoms with Gasteiger partial charge in [-0.2, -0.15) is 5.10 Å². The molecule has 0 atom stereocenters. The first-order chi connectivity index (χ1) is 8.99. The van der Waals surface area contributed by atoms with E-state index in [1.807, 2.05) is 6.07 Å². The van der Waals surface area contributed by atoms with Crippen LogP contribution in [0.2, 0.25) is 10.0 Å². The smallest absolute Gasteiger partial charge is 0.251 e. The number of nitrogen functional groups attached to an aromatic ring is 1. The normalized spacial score (nSPS) is 10.5. The number of rotatable bonds is 3. The van der Waals surface area contributed by atoms with Crippen molar-refractivity contribution < 1.29 is 4.79 Å². The molecular formula is C12H12Cl2N4O. The van der Waals surface area contributed by atoms with Crippen LogP contribution in [0.3, 0.4) is 0 Å². The molecule has 100 valence electrons. The molecule has 1 aromatic heterocycles. The molecule has 0 saturated heterocycles. The lowest BCUT2D eigenvalue weighted by atomic mass is 10.2. The predicted molar refractivity (Wildman–Crippen MR) is 75.3 cm³/mol. The first-order valence-corrected chi connectivity index (χ1v) is 6.24. The van der Waals surface area contributed by atoms with E-state index < -0.39 is 0 Å². The van der Waals surface area contributed by atoms with Gasteiger partial charge in [0.2, 0.25) is 0 Å². The van der Waals surface area contributed by atoms with Crippen molar-refractivity contribution in [1.29, 1.82) is 0 Å². The number of amides is 1. The van der Waals surface area contributed by atoms with Crippen LogP contribution in [0.4, 0.5) is 5.69 Å². The number of benzene rings is 1. The maximum atomic E-state index is 12.0. The van der Waals surface area contributed by atoms with Gasteiger partial charge in [0.15, 0.2) is 0 Å². The third-order valence-electron chi connectivity index (χ3n) is 2.69. The lowest BCUT2D eigenvalue weighted by molar-refractivity contribution is 0.0950. The molecule has 0 radical (unpaired) electrons. The average molecular weight is 299 g/mol. The first kappa shape index (κ1) is 13.7. The molecule has 0 saturated carbocycles. The quantitative estimate of drug-likeness (QED) is 0.854. The van der Waals surface area contributed by atoms with E-state index in [1.54, 1.807) is 17.9 Å². The molecule has 0 aliphatic carbocycles. The van der Waals surface area contributed by atoms with Crippen molar-refractivity contribution in [2.45, 2.75) is 6.54 Å². The van der Waals surface area contributed by atoms with Crippen molar-refractivity contribution in [2.24, 2.45) is 7.05 Å². The Morgan fingerprint density at radius 1 is 1.42 bits per heavy atom. The minimum Gasteiger partial charge on any atom is -0.396 e. The van der Waals surface area contributed by atoms with E-state index in [0.717, 1.165) is 5.69 Å². The Morgan fingerprint density at radius 3 is 2.58 bits per heavy atom. The van der Waals surface area contributed by atoms with Crippen LogP contribution >= 0.6 is 23.2 Å². The van der Waals surface area contributed by atoms with E-state index in [9.17, 15) is 4.79 Å². The largest absolute Gasteiger partial charge is 0.396 e. The summed E-state index contributed by atoms with van der Waals surface area (Å²) < 4.78 is 1.68. The standard InChI is InChI=1S/C12H12Cl2N4O/c1-18-8(2-3-17-18)6-16-12(19)7-4-9(13)11(15)10(14)5-7/h2-5H,6,15H2,1H3,(H,16,19). The van der Waals surface area contributed by atoms with Gasteiger partial charge in [-0.15, -0.1) is 0 Å². The van der Waals surface area contributed by atoms with Crippen LogP contribution in [-0.4, -0.2) is 15.7 Å². The zero-order valence-corrected chi connectivity index (χ0v) is 11.7. The van der Waals surface area contributed by atoms with Crippen LogP contribution in [0.15, 0.2) is 24.4 Å². The summed E-state index contributed by atoms with van der Waals surface area (Å²) in [7, 11) is 1.80. The Hall–Kier alpha value is -1.72. The zero-order valence-electron chi connectivity index (χ0n) is 10.2. The highest BCUT2D eigenvalue weighted by atomic mass is 35.5. The zero-order chi connectivity index (χ0) is 14.0. The van der Waals surface area contributed by atoms with Gasteiger partial charge in [0.25, 0.3) is 5.91 Å². The summed E-state index contributed by atoms with van der Waals surface area (Å²) in [4.78, 5) is 12.0. The fraction of sp³-hybridized carbons (Fsp3) is 0.167. The molecule has 0 fully saturated rings. The summed E-state index contributed by atoms with van der Waals surface area (Å²) in [6, 6.07) is 4.80. The molecule has 2 aromatic rings. The van der Waals surface area contributed by atoms with Crippen LogP contribution in [0.1, 0.15) is 16.1 Å². The van der Waals surface area contributed by atoms with Crippen LogP contribution in [0.25, 0.3) is 0 Å². The Kier molecular flexibility index (Phi) is 3.97. The molecule has 1 amide bonds. The average Bonchev–Trinajstić information content (AvgIpc) is 2.78. The second-order valence-electron chi connectivity index (χ2n) is 3.98. The molecule has 1 aromatic carbocycles. The topological polar surface area (TPSA) is 72.9 Å². The molecule has 5 nitrogen and oxygen atoms in total. The van der Waals surface area contributed by atoms with Gasteiger partial charge in [-0.3, -0.25) is 9.48 Å². The number of hydrogen-bond acceptors (Lipinski definition) is 3. The van der Waals surface area contributed by atoms with E-state index in [4.69, 9.17) is 28.9 Å². The maximum Gasteiger partial charge on any atom is 0.251 e. The lowest BCUT2D eigenvalue weighted by Gasteiger charge is -2.08. The van der Waals surface area contributed by atoms with Gasteiger partial charge in [0.1, 0.15) is 0 Å². The van der Waals surface area contributed by atoms with Crippen molar-refractivity contribution in [3.8, 4) is 0 Å². The highest BCUT2D eigenvalue weighted by Gasteiger charge is 2.11. The molecular weight excluding hydrogens is 287 g/mol. The number of nitrogens with two attached hydrogens (primary N) is 1. The van der Waals surface area contributed by atoms with Gasteiger partial charge in [-0.1, -0.05) is 23.2 Å². The molecule has 0 spiro atoms. The van der Waals surface area contributed by atoms with Gasteiger partial charge in [-0.25, -0.2) is 0 Å². The number of nitrogens with zero attached hydrogens (tertiary/aromatic N) is 2. The summed E-state index contributed by atoms with van der Waals surface area (Å²) in [6.45, 7) is 0.370. The Morgan fingerprint density at radius 2 is 2.05 bits per heavy atom. The number of halogens is 2. The van der Waals surface area contributed by atoms with Gasteiger partial charge in [-0.05, 0) is 18.2 Å². The summed E-state index contributed by atoms with van der Waals surface area (Å²) in [5, 5.41) is 7.30. The molecule has 0 bridgehead atoms. The van der Waals surface area contributed by atoms with E-state index in [-0.39, 0.29) is 21.6 Å². The van der Waals surface area contributed by atoms with Crippen LogP contribution in [0.5, 0.6) is 0 Å². The molecule has 2 rings (SSSR count). The fourth-order valence-electron chi connectivity index (χ4n) is 1.56. The summed E-state index contributed by atoms with van der Waals surface area (Å²) >= 11 is 11.8. The van der Waals surface area contributed by atoms with Crippen LogP contribution in [-0.2, 0) is 13.6 Å². The van der Waals surface area contributed by atoms with Gasteiger partial charge in [0.05, 0.1) is 28.0 Å². The van der Waals surface area contributed by atoms with E-state index in [1.165, 1.54) is 12.1 Å². The van der Waals surface area contributed by atoms with Crippen molar-refractivity contribution in [2.75, 3.05) is 5.73 Å². The third-order valence-corrected chi connectivity index (χ3v) is 3.32. The lowest BCUT2D eigenvalue weighted by Crippen LogP contribution is -2.24. The second kappa shape index (κ2) is 5.50. The SMILES string of the molecule is Cn1nccc1CNC(=O)c1cc(Cl)c(N)c(Cl)c1. The minimum atomic E-state index is -0.273. The van der Waals surface area contributed by atoms with Crippen LogP contribution in [0, 0.1) is 0 Å². The number of hydrogen-bond donors (Lipinski definition) is 2. The minimum absolute atomic E-state index is 0.262. The fourth-order valence-corrected chi connectivity index (χ4v) is 2.05.